The number of hydrogen-bond acceptors (Lipinski definition) is 6. The van der Waals surface area contributed by atoms with Crippen molar-refractivity contribution in [3.8, 4) is 5.75 Å². The first kappa shape index (κ1) is 24.3. The molecule has 0 radical (unpaired) electrons. The summed E-state index contributed by atoms with van der Waals surface area (Å²) in [5.41, 5.74) is 3.49. The standard InChI is InChI=1S/C20H22N5O2P.C3H6N2/c1-24(28(26)27-18-5-3-2-4-6-18)10-9-17-12-22-20-8-7-16(11-19(17)20)13-25-15-21-14-23-25;1-4-3-5-2/h2-8,11-12,14-15,22,26H,9-10,13H2,1H3;3H,1H2,2H3. The van der Waals surface area contributed by atoms with Crippen LogP contribution in [0.25, 0.3) is 10.9 Å². The maximum Gasteiger partial charge on any atom is 0.317 e. The van der Waals surface area contributed by atoms with E-state index in [2.05, 4.69) is 50.0 Å². The van der Waals surface area contributed by atoms with E-state index in [1.54, 1.807) is 24.4 Å². The van der Waals surface area contributed by atoms with Gasteiger partial charge in [-0.15, -0.1) is 0 Å². The van der Waals surface area contributed by atoms with Crippen molar-refractivity contribution < 1.29 is 9.42 Å². The highest BCUT2D eigenvalue weighted by Gasteiger charge is 2.16. The molecule has 1 unspecified atom stereocenters. The van der Waals surface area contributed by atoms with Crippen LogP contribution in [0.4, 0.5) is 0 Å². The molecule has 0 bridgehead atoms. The van der Waals surface area contributed by atoms with Crippen molar-refractivity contribution in [2.24, 2.45) is 9.98 Å². The fraction of sp³-hybridized carbons (Fsp3) is 0.217. The molecule has 10 heteroatoms. The van der Waals surface area contributed by atoms with Gasteiger partial charge in [-0.3, -0.25) is 9.98 Å². The summed E-state index contributed by atoms with van der Waals surface area (Å²) in [6, 6.07) is 15.8. The molecule has 2 aromatic heterocycles. The van der Waals surface area contributed by atoms with E-state index in [0.29, 0.717) is 18.8 Å². The van der Waals surface area contributed by atoms with Crippen LogP contribution in [0.2, 0.25) is 0 Å². The van der Waals surface area contributed by atoms with Crippen LogP contribution < -0.4 is 4.52 Å². The minimum atomic E-state index is -1.67. The number of aromatic amines is 1. The van der Waals surface area contributed by atoms with Crippen LogP contribution >= 0.6 is 8.53 Å². The van der Waals surface area contributed by atoms with Crippen LogP contribution in [0.15, 0.2) is 77.4 Å². The zero-order valence-electron chi connectivity index (χ0n) is 18.7. The van der Waals surface area contributed by atoms with Crippen molar-refractivity contribution in [1.29, 1.82) is 0 Å². The normalized spacial score (nSPS) is 12.0. The summed E-state index contributed by atoms with van der Waals surface area (Å²) < 4.78 is 9.29. The van der Waals surface area contributed by atoms with Crippen molar-refractivity contribution in [3.05, 3.63) is 78.5 Å². The Morgan fingerprint density at radius 1 is 1.27 bits per heavy atom. The Bertz CT molecular complexity index is 1150. The Morgan fingerprint density at radius 2 is 2.09 bits per heavy atom. The Morgan fingerprint density at radius 3 is 2.76 bits per heavy atom. The zero-order chi connectivity index (χ0) is 23.5. The number of nitrogens with one attached hydrogen (secondary N) is 1. The van der Waals surface area contributed by atoms with Crippen LogP contribution in [-0.4, -0.2) is 63.0 Å². The van der Waals surface area contributed by atoms with E-state index < -0.39 is 8.53 Å². The quantitative estimate of drug-likeness (QED) is 0.222. The molecule has 0 amide bonds. The van der Waals surface area contributed by atoms with Crippen molar-refractivity contribution >= 4 is 32.5 Å². The molecule has 33 heavy (non-hydrogen) atoms. The van der Waals surface area contributed by atoms with Crippen molar-refractivity contribution in [1.82, 2.24) is 24.4 Å². The Kier molecular flexibility index (Phi) is 9.26. The van der Waals surface area contributed by atoms with Crippen LogP contribution in [0.1, 0.15) is 11.1 Å². The topological polar surface area (TPSA) is 104 Å². The fourth-order valence-electron chi connectivity index (χ4n) is 3.13. The van der Waals surface area contributed by atoms with Crippen LogP contribution in [0.3, 0.4) is 0 Å². The molecule has 0 aliphatic carbocycles. The molecule has 1 atom stereocenters. The van der Waals surface area contributed by atoms with E-state index in [1.165, 1.54) is 22.9 Å². The minimum absolute atomic E-state index is 0.674. The number of aliphatic imine (C=N–C) groups is 2. The number of H-pyrrole nitrogens is 1. The van der Waals surface area contributed by atoms with Gasteiger partial charge in [0, 0.05) is 30.7 Å². The molecule has 2 heterocycles. The van der Waals surface area contributed by atoms with E-state index in [4.69, 9.17) is 4.52 Å². The van der Waals surface area contributed by atoms with Gasteiger partial charge in [0.05, 0.1) is 6.54 Å². The largest absolute Gasteiger partial charge is 0.436 e. The van der Waals surface area contributed by atoms with Crippen LogP contribution in [0.5, 0.6) is 5.75 Å². The highest BCUT2D eigenvalue weighted by atomic mass is 31.2. The van der Waals surface area contributed by atoms with Gasteiger partial charge in [0.1, 0.15) is 24.7 Å². The molecule has 4 rings (SSSR count). The van der Waals surface area contributed by atoms with Gasteiger partial charge in [-0.25, -0.2) is 14.3 Å². The second-order valence-corrected chi connectivity index (χ2v) is 8.50. The first-order chi connectivity index (χ1) is 16.1. The number of nitrogens with zero attached hydrogens (tertiary/aromatic N) is 6. The molecule has 0 saturated carbocycles. The molecule has 2 N–H and O–H groups in total. The van der Waals surface area contributed by atoms with E-state index in [-0.39, 0.29) is 0 Å². The molecule has 0 aliphatic rings. The van der Waals surface area contributed by atoms with Gasteiger partial charge in [-0.05, 0) is 55.6 Å². The highest BCUT2D eigenvalue weighted by molar-refractivity contribution is 7.43. The summed E-state index contributed by atoms with van der Waals surface area (Å²) in [6.07, 6.45) is 7.49. The second kappa shape index (κ2) is 12.6. The summed E-state index contributed by atoms with van der Waals surface area (Å²) in [7, 11) is 1.85. The van der Waals surface area contributed by atoms with Crippen molar-refractivity contribution in [2.45, 2.75) is 13.0 Å². The van der Waals surface area contributed by atoms with E-state index in [0.717, 1.165) is 11.9 Å². The SMILES string of the molecule is C=NC=NC.CN(CCc1c[nH]c2ccc(Cn3cncn3)cc12)P(O)Oc1ccccc1. The predicted octanol–water partition coefficient (Wildman–Crippen LogP) is 3.93. The lowest BCUT2D eigenvalue weighted by molar-refractivity contribution is 0.385. The van der Waals surface area contributed by atoms with Gasteiger partial charge >= 0.3 is 8.53 Å². The van der Waals surface area contributed by atoms with Gasteiger partial charge < -0.3 is 14.4 Å². The number of fused-ring (bicyclic) bond motifs is 1. The third kappa shape index (κ3) is 7.32. The third-order valence-electron chi connectivity index (χ3n) is 4.77. The van der Waals surface area contributed by atoms with E-state index in [9.17, 15) is 4.89 Å². The molecule has 0 spiro atoms. The number of para-hydroxylation sites is 1. The van der Waals surface area contributed by atoms with Gasteiger partial charge in [0.15, 0.2) is 0 Å². The molecular formula is C23H28N7O2P. The minimum Gasteiger partial charge on any atom is -0.436 e. The number of hydrogen-bond donors (Lipinski definition) is 2. The van der Waals surface area contributed by atoms with Gasteiger partial charge in [-0.2, -0.15) is 5.10 Å². The molecule has 2 aromatic carbocycles. The Labute approximate surface area is 194 Å². The predicted molar refractivity (Wildman–Crippen MR) is 134 cm³/mol. The molecule has 0 saturated heterocycles. The summed E-state index contributed by atoms with van der Waals surface area (Å²) in [5.74, 6) is 0.674. The molecule has 172 valence electrons. The number of rotatable bonds is 9. The first-order valence-corrected chi connectivity index (χ1v) is 11.5. The maximum atomic E-state index is 10.3. The summed E-state index contributed by atoms with van der Waals surface area (Å²) in [4.78, 5) is 24.5. The second-order valence-electron chi connectivity index (χ2n) is 7.13. The number of benzene rings is 2. The smallest absolute Gasteiger partial charge is 0.317 e. The van der Waals surface area contributed by atoms with Gasteiger partial charge in [0.2, 0.25) is 0 Å². The summed E-state index contributed by atoms with van der Waals surface area (Å²) in [5, 5.41) is 5.36. The summed E-state index contributed by atoms with van der Waals surface area (Å²) >= 11 is 0. The first-order valence-electron chi connectivity index (χ1n) is 10.3. The third-order valence-corrected chi connectivity index (χ3v) is 5.93. The lowest BCUT2D eigenvalue weighted by Gasteiger charge is -2.21. The molecule has 0 aliphatic heterocycles. The van der Waals surface area contributed by atoms with Gasteiger partial charge in [-0.1, -0.05) is 24.3 Å². The fourth-order valence-corrected chi connectivity index (χ4v) is 3.85. The number of aromatic nitrogens is 4. The van der Waals surface area contributed by atoms with Crippen LogP contribution in [-0.2, 0) is 13.0 Å². The average molecular weight is 465 g/mol. The monoisotopic (exact) mass is 465 g/mol. The lowest BCUT2D eigenvalue weighted by Crippen LogP contribution is -2.17. The molecule has 0 fully saturated rings. The number of likely N-dealkylation sites (N-methyl/N-ethyl adjacent to an activating group) is 1. The molecule has 9 nitrogen and oxygen atoms in total. The van der Waals surface area contributed by atoms with E-state index in [1.807, 2.05) is 48.2 Å². The van der Waals surface area contributed by atoms with Crippen LogP contribution in [0, 0.1) is 0 Å². The van der Waals surface area contributed by atoms with Crippen molar-refractivity contribution in [3.63, 3.8) is 0 Å². The Hall–Kier alpha value is -3.39. The van der Waals surface area contributed by atoms with Crippen molar-refractivity contribution in [2.75, 3.05) is 20.6 Å². The Balaban J connectivity index is 0.000000555. The molecular weight excluding hydrogens is 437 g/mol. The molecule has 4 aromatic rings. The maximum absolute atomic E-state index is 10.3. The average Bonchev–Trinajstić information content (AvgIpc) is 3.49. The lowest BCUT2D eigenvalue weighted by atomic mass is 10.1. The summed E-state index contributed by atoms with van der Waals surface area (Å²) in [6.45, 7) is 4.53. The van der Waals surface area contributed by atoms with Gasteiger partial charge in [0.25, 0.3) is 0 Å². The zero-order valence-corrected chi connectivity index (χ0v) is 19.6. The highest BCUT2D eigenvalue weighted by Crippen LogP contribution is 2.36. The van der Waals surface area contributed by atoms with E-state index >= 15 is 0 Å².